The van der Waals surface area contributed by atoms with E-state index in [1.54, 1.807) is 13.2 Å². The van der Waals surface area contributed by atoms with E-state index in [0.29, 0.717) is 17.3 Å². The summed E-state index contributed by atoms with van der Waals surface area (Å²) in [6.45, 7) is 1.84. The van der Waals surface area contributed by atoms with Gasteiger partial charge in [-0.15, -0.1) is 0 Å². The number of carbonyl (C=O) groups excluding carboxylic acids is 2. The predicted molar refractivity (Wildman–Crippen MR) is 106 cm³/mol. The van der Waals surface area contributed by atoms with Crippen LogP contribution in [0.2, 0.25) is 0 Å². The Morgan fingerprint density at radius 1 is 1.28 bits per heavy atom. The average molecular weight is 394 g/mol. The molecule has 2 aromatic carbocycles. The molecule has 1 aliphatic heterocycles. The molecule has 2 N–H and O–H groups in total. The molecule has 0 saturated heterocycles. The maximum absolute atomic E-state index is 13.8. The van der Waals surface area contributed by atoms with Crippen molar-refractivity contribution in [3.05, 3.63) is 60.0 Å². The number of amides is 2. The number of carbonyl (C=O) groups is 2. The minimum Gasteiger partial charge on any atom is -0.497 e. The quantitative estimate of drug-likeness (QED) is 0.693. The molecule has 0 spiro atoms. The van der Waals surface area contributed by atoms with Crippen LogP contribution >= 0.6 is 0 Å². The average Bonchev–Trinajstić information content (AvgIpc) is 3.17. The van der Waals surface area contributed by atoms with Gasteiger partial charge in [-0.1, -0.05) is 24.3 Å². The fraction of sp³-hybridized carbons (Fsp3) is 0.190. The number of halogens is 1. The van der Waals surface area contributed by atoms with Crippen molar-refractivity contribution in [3.8, 4) is 16.9 Å². The number of aromatic nitrogens is 2. The zero-order chi connectivity index (χ0) is 20.5. The van der Waals surface area contributed by atoms with Gasteiger partial charge in [0.25, 0.3) is 5.91 Å². The topological polar surface area (TPSA) is 85.2 Å². The molecule has 29 heavy (non-hydrogen) atoms. The Morgan fingerprint density at radius 2 is 2.07 bits per heavy atom. The molecule has 8 heteroatoms. The van der Waals surface area contributed by atoms with E-state index < -0.39 is 17.8 Å². The van der Waals surface area contributed by atoms with Gasteiger partial charge in [0.2, 0.25) is 5.91 Å². The van der Waals surface area contributed by atoms with Gasteiger partial charge in [0.1, 0.15) is 23.4 Å². The highest BCUT2D eigenvalue weighted by Gasteiger charge is 2.36. The van der Waals surface area contributed by atoms with Crippen molar-refractivity contribution in [1.29, 1.82) is 0 Å². The van der Waals surface area contributed by atoms with Crippen molar-refractivity contribution < 1.29 is 18.7 Å². The highest BCUT2D eigenvalue weighted by molar-refractivity contribution is 6.04. The van der Waals surface area contributed by atoms with Gasteiger partial charge in [0, 0.05) is 5.56 Å². The van der Waals surface area contributed by atoms with Gasteiger partial charge < -0.3 is 15.4 Å². The first-order valence-corrected chi connectivity index (χ1v) is 9.06. The lowest BCUT2D eigenvalue weighted by Gasteiger charge is -2.10. The second-order valence-electron chi connectivity index (χ2n) is 6.72. The summed E-state index contributed by atoms with van der Waals surface area (Å²) in [6.07, 6.45) is -0.161. The number of ether oxygens (including phenoxy) is 1. The highest BCUT2D eigenvalue weighted by Crippen LogP contribution is 2.39. The van der Waals surface area contributed by atoms with Crippen molar-refractivity contribution in [3.63, 3.8) is 0 Å². The third-order valence-electron chi connectivity index (χ3n) is 4.81. The lowest BCUT2D eigenvalue weighted by molar-refractivity contribution is -0.123. The molecule has 4 rings (SSSR count). The van der Waals surface area contributed by atoms with Gasteiger partial charge in [-0.25, -0.2) is 9.07 Å². The van der Waals surface area contributed by atoms with Gasteiger partial charge in [-0.3, -0.25) is 9.59 Å². The number of para-hydroxylation sites is 1. The minimum absolute atomic E-state index is 0.0739. The molecule has 1 atom stereocenters. The second-order valence-corrected chi connectivity index (χ2v) is 6.72. The molecule has 0 saturated carbocycles. The molecule has 0 radical (unpaired) electrons. The fourth-order valence-electron chi connectivity index (χ4n) is 3.45. The Bertz CT molecular complexity index is 1110. The lowest BCUT2D eigenvalue weighted by Crippen LogP contribution is -2.24. The van der Waals surface area contributed by atoms with E-state index in [0.717, 1.165) is 11.1 Å². The molecule has 0 aliphatic carbocycles. The Morgan fingerprint density at radius 3 is 2.83 bits per heavy atom. The molecule has 148 valence electrons. The normalized spacial score (nSPS) is 15.0. The van der Waals surface area contributed by atoms with Crippen LogP contribution in [0.15, 0.2) is 48.5 Å². The number of rotatable bonds is 5. The zero-order valence-electron chi connectivity index (χ0n) is 15.9. The van der Waals surface area contributed by atoms with Crippen molar-refractivity contribution in [2.75, 3.05) is 17.7 Å². The van der Waals surface area contributed by atoms with Crippen molar-refractivity contribution in [2.45, 2.75) is 19.4 Å². The van der Waals surface area contributed by atoms with Crippen LogP contribution < -0.4 is 15.4 Å². The highest BCUT2D eigenvalue weighted by atomic mass is 19.1. The number of nitrogens with zero attached hydrogens (tertiary/aromatic N) is 2. The number of hydrogen-bond acceptors (Lipinski definition) is 4. The Kier molecular flexibility index (Phi) is 4.75. The first kappa shape index (κ1) is 18.7. The smallest absolute Gasteiger partial charge is 0.251 e. The van der Waals surface area contributed by atoms with E-state index in [4.69, 9.17) is 4.74 Å². The molecule has 1 aliphatic rings. The summed E-state index contributed by atoms with van der Waals surface area (Å²) in [6, 6.07) is 12.5. The van der Waals surface area contributed by atoms with E-state index in [1.807, 2.05) is 31.2 Å². The largest absolute Gasteiger partial charge is 0.497 e. The molecule has 0 bridgehead atoms. The third-order valence-corrected chi connectivity index (χ3v) is 4.81. The predicted octanol–water partition coefficient (Wildman–Crippen LogP) is 3.53. The van der Waals surface area contributed by atoms with Crippen LogP contribution in [0.3, 0.4) is 0 Å². The summed E-state index contributed by atoms with van der Waals surface area (Å²) in [4.78, 5) is 24.9. The number of methoxy groups -OCH3 is 1. The third kappa shape index (κ3) is 3.44. The summed E-state index contributed by atoms with van der Waals surface area (Å²) < 4.78 is 20.6. The van der Waals surface area contributed by atoms with E-state index >= 15 is 0 Å². The molecule has 2 amide bonds. The van der Waals surface area contributed by atoms with E-state index in [-0.39, 0.29) is 18.0 Å². The SMILES string of the molecule is COc1cccc(-c2c(C)nn3c2NC(=O)C3CC(=O)Nc2ccccc2F)c1. The van der Waals surface area contributed by atoms with E-state index in [1.165, 1.54) is 22.9 Å². The number of hydrogen-bond donors (Lipinski definition) is 2. The van der Waals surface area contributed by atoms with Crippen molar-refractivity contribution in [1.82, 2.24) is 9.78 Å². The van der Waals surface area contributed by atoms with Gasteiger partial charge in [0.05, 0.1) is 24.9 Å². The Hall–Kier alpha value is -3.68. The summed E-state index contributed by atoms with van der Waals surface area (Å²) in [7, 11) is 1.58. The standard InChI is InChI=1S/C21H19FN4O3/c1-12-19(13-6-5-7-14(10-13)29-2)20-24-21(28)17(26(20)25-12)11-18(27)23-16-9-4-3-8-15(16)22/h3-10,17H,11H2,1-2H3,(H,23,27)(H,24,28). The van der Waals surface area contributed by atoms with Crippen molar-refractivity contribution >= 4 is 23.3 Å². The van der Waals surface area contributed by atoms with Crippen LogP contribution in [-0.2, 0) is 9.59 Å². The number of benzene rings is 2. The van der Waals surface area contributed by atoms with E-state index in [2.05, 4.69) is 15.7 Å². The number of fused-ring (bicyclic) bond motifs is 1. The number of anilines is 2. The minimum atomic E-state index is -0.810. The summed E-state index contributed by atoms with van der Waals surface area (Å²) in [5.74, 6) is -0.122. The first-order valence-electron chi connectivity index (χ1n) is 9.06. The first-order chi connectivity index (χ1) is 14.0. The van der Waals surface area contributed by atoms with E-state index in [9.17, 15) is 14.0 Å². The second kappa shape index (κ2) is 7.38. The van der Waals surface area contributed by atoms with Gasteiger partial charge in [-0.05, 0) is 36.8 Å². The van der Waals surface area contributed by atoms with Crippen LogP contribution in [0.4, 0.5) is 15.9 Å². The van der Waals surface area contributed by atoms with Crippen LogP contribution in [0.5, 0.6) is 5.75 Å². The lowest BCUT2D eigenvalue weighted by atomic mass is 10.1. The molecule has 7 nitrogen and oxygen atoms in total. The summed E-state index contributed by atoms with van der Waals surface area (Å²) >= 11 is 0. The van der Waals surface area contributed by atoms with Crippen LogP contribution in [0, 0.1) is 12.7 Å². The molecule has 1 aromatic heterocycles. The van der Waals surface area contributed by atoms with Gasteiger partial charge >= 0.3 is 0 Å². The zero-order valence-corrected chi connectivity index (χ0v) is 15.9. The summed E-state index contributed by atoms with van der Waals surface area (Å²) in [5, 5.41) is 9.80. The van der Waals surface area contributed by atoms with Crippen molar-refractivity contribution in [2.24, 2.45) is 0 Å². The van der Waals surface area contributed by atoms with Gasteiger partial charge in [0.15, 0.2) is 0 Å². The van der Waals surface area contributed by atoms with Crippen LogP contribution in [0.25, 0.3) is 11.1 Å². The van der Waals surface area contributed by atoms with Crippen LogP contribution in [-0.4, -0.2) is 28.7 Å². The molecule has 1 unspecified atom stereocenters. The number of aryl methyl sites for hydroxylation is 1. The maximum atomic E-state index is 13.8. The monoisotopic (exact) mass is 394 g/mol. The fourth-order valence-corrected chi connectivity index (χ4v) is 3.45. The Labute approximate surface area is 166 Å². The Balaban J connectivity index is 1.60. The maximum Gasteiger partial charge on any atom is 0.251 e. The molecule has 0 fully saturated rings. The van der Waals surface area contributed by atoms with Gasteiger partial charge in [-0.2, -0.15) is 5.10 Å². The molecular weight excluding hydrogens is 375 g/mol. The molecule has 2 heterocycles. The summed E-state index contributed by atoms with van der Waals surface area (Å²) in [5.41, 5.74) is 2.41. The molecule has 3 aromatic rings. The molecular formula is C21H19FN4O3. The number of nitrogens with one attached hydrogen (secondary N) is 2. The van der Waals surface area contributed by atoms with Crippen LogP contribution in [0.1, 0.15) is 18.2 Å².